The van der Waals surface area contributed by atoms with Gasteiger partial charge in [0.15, 0.2) is 18.2 Å². The van der Waals surface area contributed by atoms with Crippen molar-refractivity contribution in [3.63, 3.8) is 0 Å². The quantitative estimate of drug-likeness (QED) is 0.377. The van der Waals surface area contributed by atoms with Crippen LogP contribution in [-0.2, 0) is 4.79 Å². The minimum Gasteiger partial charge on any atom is -0.380 e. The van der Waals surface area contributed by atoms with Gasteiger partial charge in [0.1, 0.15) is 0 Å². The summed E-state index contributed by atoms with van der Waals surface area (Å²) in [6.45, 7) is 1.07. The summed E-state index contributed by atoms with van der Waals surface area (Å²) in [5.41, 5.74) is 0. The van der Waals surface area contributed by atoms with Crippen LogP contribution in [-0.4, -0.2) is 33.5 Å². The van der Waals surface area contributed by atoms with Gasteiger partial charge >= 0.3 is 0 Å². The molecule has 0 aromatic carbocycles. The molecule has 0 saturated carbocycles. The van der Waals surface area contributed by atoms with Crippen LogP contribution in [0.15, 0.2) is 0 Å². The van der Waals surface area contributed by atoms with E-state index in [1.807, 2.05) is 0 Å². The average Bonchev–Trinajstić information content (AvgIpc) is 1.64. The number of aliphatic hydroxyl groups excluding tert-OH is 2. The van der Waals surface area contributed by atoms with Gasteiger partial charge in [-0.2, -0.15) is 0 Å². The molecule has 0 rings (SSSR count). The Balaban J connectivity index is 3.64. The van der Waals surface area contributed by atoms with Crippen molar-refractivity contribution in [2.24, 2.45) is 0 Å². The number of Topliss-reactive ketones (excluding diaryl/α,β-unsaturated/α-hetero) is 1. The lowest BCUT2D eigenvalue weighted by Crippen LogP contribution is -2.31. The largest absolute Gasteiger partial charge is 0.380 e. The third-order valence-electron chi connectivity index (χ3n) is 0.699. The summed E-state index contributed by atoms with van der Waals surface area (Å²) in [5, 5.41) is 24.5. The second-order valence-corrected chi connectivity index (χ2v) is 1.47. The number of aliphatic hydroxyl groups is 3. The molecule has 0 radical (unpaired) electrons. The van der Waals surface area contributed by atoms with Gasteiger partial charge in [-0.25, -0.2) is 0 Å². The molecule has 0 aliphatic rings. The van der Waals surface area contributed by atoms with E-state index in [1.165, 1.54) is 0 Å². The van der Waals surface area contributed by atoms with Crippen LogP contribution in [0.3, 0.4) is 0 Å². The highest BCUT2D eigenvalue weighted by atomic mass is 16.5. The van der Waals surface area contributed by atoms with E-state index in [0.29, 0.717) is 0 Å². The molecule has 4 heteroatoms. The van der Waals surface area contributed by atoms with Crippen molar-refractivity contribution >= 4 is 5.78 Å². The predicted octanol–water partition coefficient (Wildman–Crippen LogP) is -1.75. The Kier molecular flexibility index (Phi) is 2.60. The summed E-state index contributed by atoms with van der Waals surface area (Å²) in [6.07, 6.45) is -3.61. The van der Waals surface area contributed by atoms with E-state index < -0.39 is 18.2 Å². The molecule has 0 aromatic heterocycles. The maximum Gasteiger partial charge on any atom is 0.185 e. The number of carbonyl (C=O) groups is 1. The highest BCUT2D eigenvalue weighted by Crippen LogP contribution is 1.88. The minimum atomic E-state index is -1.95. The fourth-order valence-electron chi connectivity index (χ4n) is 0.210. The van der Waals surface area contributed by atoms with E-state index in [1.54, 1.807) is 0 Å². The second-order valence-electron chi connectivity index (χ2n) is 1.47. The first-order valence-corrected chi connectivity index (χ1v) is 2.10. The topological polar surface area (TPSA) is 77.8 Å². The average molecular weight is 120 g/mol. The smallest absolute Gasteiger partial charge is 0.185 e. The van der Waals surface area contributed by atoms with Gasteiger partial charge < -0.3 is 15.3 Å². The Labute approximate surface area is 46.4 Å². The van der Waals surface area contributed by atoms with Crippen molar-refractivity contribution in [1.29, 1.82) is 0 Å². The van der Waals surface area contributed by atoms with Gasteiger partial charge in [-0.05, 0) is 6.92 Å². The molecule has 1 atom stereocenters. The maximum atomic E-state index is 10.0. The Hall–Kier alpha value is -0.450. The lowest BCUT2D eigenvalue weighted by molar-refractivity contribution is -0.152. The Morgan fingerprint density at radius 3 is 1.75 bits per heavy atom. The van der Waals surface area contributed by atoms with E-state index in [2.05, 4.69) is 0 Å². The van der Waals surface area contributed by atoms with Crippen molar-refractivity contribution in [2.75, 3.05) is 0 Å². The fraction of sp³-hybridized carbons (Fsp3) is 0.750. The van der Waals surface area contributed by atoms with Gasteiger partial charge in [0.2, 0.25) is 0 Å². The molecule has 4 nitrogen and oxygen atoms in total. The van der Waals surface area contributed by atoms with Gasteiger partial charge in [-0.15, -0.1) is 0 Å². The fourth-order valence-corrected chi connectivity index (χ4v) is 0.210. The Bertz CT molecular complexity index is 88.0. The van der Waals surface area contributed by atoms with Crippen molar-refractivity contribution in [2.45, 2.75) is 19.3 Å². The molecule has 0 saturated heterocycles. The summed E-state index contributed by atoms with van der Waals surface area (Å²) in [7, 11) is 0. The molecule has 3 N–H and O–H groups in total. The van der Waals surface area contributed by atoms with Crippen LogP contribution in [0.4, 0.5) is 0 Å². The first-order chi connectivity index (χ1) is 3.55. The number of carbonyl (C=O) groups excluding carboxylic acids is 1. The molecule has 0 fully saturated rings. The molecule has 8 heavy (non-hydrogen) atoms. The predicted molar refractivity (Wildman–Crippen MR) is 24.9 cm³/mol. The molecule has 1 unspecified atom stereocenters. The lowest BCUT2D eigenvalue weighted by atomic mass is 10.2. The van der Waals surface area contributed by atoms with Gasteiger partial charge in [0.05, 0.1) is 0 Å². The van der Waals surface area contributed by atoms with Crippen molar-refractivity contribution in [3.8, 4) is 0 Å². The third-order valence-corrected chi connectivity index (χ3v) is 0.699. The molecule has 0 bridgehead atoms. The molecule has 0 aliphatic heterocycles. The van der Waals surface area contributed by atoms with E-state index in [-0.39, 0.29) is 0 Å². The molecular weight excluding hydrogens is 112 g/mol. The minimum absolute atomic E-state index is 0.653. The van der Waals surface area contributed by atoms with Crippen molar-refractivity contribution in [1.82, 2.24) is 0 Å². The summed E-state index contributed by atoms with van der Waals surface area (Å²) in [4.78, 5) is 10.0. The number of hydrogen-bond acceptors (Lipinski definition) is 4. The second kappa shape index (κ2) is 2.76. The Morgan fingerprint density at radius 2 is 1.75 bits per heavy atom. The summed E-state index contributed by atoms with van der Waals surface area (Å²) < 4.78 is 0. The van der Waals surface area contributed by atoms with Crippen LogP contribution < -0.4 is 0 Å². The zero-order valence-corrected chi connectivity index (χ0v) is 4.40. The normalized spacial score (nSPS) is 14.1. The zero-order valence-electron chi connectivity index (χ0n) is 4.40. The summed E-state index contributed by atoms with van der Waals surface area (Å²) in [5.74, 6) is -0.653. The highest BCUT2D eigenvalue weighted by molar-refractivity contribution is 5.80. The van der Waals surface area contributed by atoms with Crippen LogP contribution in [0.1, 0.15) is 6.92 Å². The van der Waals surface area contributed by atoms with E-state index >= 15 is 0 Å². The van der Waals surface area contributed by atoms with Crippen LogP contribution in [0.5, 0.6) is 0 Å². The van der Waals surface area contributed by atoms with Crippen molar-refractivity contribution < 1.29 is 20.1 Å². The van der Waals surface area contributed by atoms with Crippen molar-refractivity contribution in [3.05, 3.63) is 0 Å². The first-order valence-electron chi connectivity index (χ1n) is 2.10. The van der Waals surface area contributed by atoms with E-state index in [9.17, 15) is 4.79 Å². The third kappa shape index (κ3) is 2.02. The monoisotopic (exact) mass is 120 g/mol. The van der Waals surface area contributed by atoms with Gasteiger partial charge in [-0.1, -0.05) is 0 Å². The molecule has 0 aromatic rings. The van der Waals surface area contributed by atoms with Crippen LogP contribution in [0.2, 0.25) is 0 Å². The lowest BCUT2D eigenvalue weighted by Gasteiger charge is -2.06. The van der Waals surface area contributed by atoms with Gasteiger partial charge in [0, 0.05) is 0 Å². The maximum absolute atomic E-state index is 10.0. The summed E-state index contributed by atoms with van der Waals surface area (Å²) in [6, 6.07) is 0. The molecule has 0 heterocycles. The van der Waals surface area contributed by atoms with Crippen LogP contribution in [0.25, 0.3) is 0 Å². The van der Waals surface area contributed by atoms with Crippen LogP contribution in [0, 0.1) is 0 Å². The molecule has 48 valence electrons. The molecule has 0 spiro atoms. The zero-order chi connectivity index (χ0) is 6.73. The Morgan fingerprint density at radius 1 is 1.38 bits per heavy atom. The number of ketones is 1. The number of rotatable bonds is 2. The van der Waals surface area contributed by atoms with Gasteiger partial charge in [0.25, 0.3) is 0 Å². The molecule has 0 amide bonds. The number of hydrogen-bond donors (Lipinski definition) is 3. The standard InChI is InChI=1S/C4H8O4/c1-2(5)3(6)4(7)8/h3-4,6-8H,1H3. The molecule has 0 aliphatic carbocycles. The first kappa shape index (κ1) is 7.55. The van der Waals surface area contributed by atoms with Crippen LogP contribution >= 0.6 is 0 Å². The van der Waals surface area contributed by atoms with Gasteiger partial charge in [-0.3, -0.25) is 4.79 Å². The highest BCUT2D eigenvalue weighted by Gasteiger charge is 2.16. The summed E-state index contributed by atoms with van der Waals surface area (Å²) >= 11 is 0. The SMILES string of the molecule is CC(=O)C(O)C(O)O. The molecular formula is C4H8O4. The van der Waals surface area contributed by atoms with E-state index in [4.69, 9.17) is 15.3 Å². The van der Waals surface area contributed by atoms with E-state index in [0.717, 1.165) is 6.92 Å².